The van der Waals surface area contributed by atoms with Crippen molar-refractivity contribution in [3.8, 4) is 5.69 Å². The van der Waals surface area contributed by atoms with Gasteiger partial charge >= 0.3 is 0 Å². The topological polar surface area (TPSA) is 46.9 Å². The van der Waals surface area contributed by atoms with Gasteiger partial charge in [0.2, 0.25) is 0 Å². The van der Waals surface area contributed by atoms with E-state index in [2.05, 4.69) is 33.1 Å². The molecule has 1 aromatic carbocycles. The number of rotatable bonds is 3. The highest BCUT2D eigenvalue weighted by molar-refractivity contribution is 5.85. The normalized spacial score (nSPS) is 12.9. The van der Waals surface area contributed by atoms with Gasteiger partial charge in [-0.3, -0.25) is 14.3 Å². The molecule has 4 heteroatoms. The van der Waals surface area contributed by atoms with Crippen molar-refractivity contribution < 1.29 is 1.43 Å². The number of para-hydroxylation sites is 1. The Bertz CT molecular complexity index is 1100. The van der Waals surface area contributed by atoms with E-state index in [1.54, 1.807) is 6.07 Å². The van der Waals surface area contributed by atoms with Crippen LogP contribution in [-0.4, -0.2) is 9.55 Å². The third-order valence-corrected chi connectivity index (χ3v) is 4.59. The van der Waals surface area contributed by atoms with Gasteiger partial charge in [-0.05, 0) is 51.0 Å². The summed E-state index contributed by atoms with van der Waals surface area (Å²) in [4.78, 5) is 17.3. The molecule has 0 unspecified atom stereocenters. The fraction of sp³-hybridized carbons (Fsp3) is 0.250. The predicted molar refractivity (Wildman–Crippen MR) is 120 cm³/mol. The Labute approximate surface area is 167 Å². The Morgan fingerprint density at radius 3 is 2.50 bits per heavy atom. The third kappa shape index (κ3) is 3.91. The van der Waals surface area contributed by atoms with E-state index < -0.39 is 0 Å². The fourth-order valence-corrected chi connectivity index (χ4v) is 3.48. The molecule has 0 spiro atoms. The summed E-state index contributed by atoms with van der Waals surface area (Å²) in [5.74, 6) is 0.761. The highest BCUT2D eigenvalue weighted by atomic mass is 16.1. The Morgan fingerprint density at radius 2 is 1.82 bits per heavy atom. The molecule has 1 aliphatic rings. The summed E-state index contributed by atoms with van der Waals surface area (Å²) < 4.78 is 2.10. The smallest absolute Gasteiger partial charge is 0.193 e. The van der Waals surface area contributed by atoms with Crippen molar-refractivity contribution in [3.63, 3.8) is 0 Å². The maximum absolute atomic E-state index is 12.8. The SMILES string of the molecule is CC.Cc1cc2c(c(C)n1)c(=O)cc(NC1=CCCC=C1)n2-c1ccccc1.[HH]. The molecule has 0 amide bonds. The lowest BCUT2D eigenvalue weighted by atomic mass is 10.1. The van der Waals surface area contributed by atoms with E-state index in [-0.39, 0.29) is 6.86 Å². The first-order valence-corrected chi connectivity index (χ1v) is 9.86. The lowest BCUT2D eigenvalue weighted by Crippen LogP contribution is -2.15. The molecule has 2 heterocycles. The maximum atomic E-state index is 12.8. The van der Waals surface area contributed by atoms with Crippen LogP contribution < -0.4 is 10.7 Å². The Balaban J connectivity index is 0.000000970. The van der Waals surface area contributed by atoms with Crippen LogP contribution in [0.25, 0.3) is 16.6 Å². The van der Waals surface area contributed by atoms with Crippen molar-refractivity contribution >= 4 is 16.7 Å². The number of hydrogen-bond donors (Lipinski definition) is 1. The Kier molecular flexibility index (Phi) is 6.09. The zero-order chi connectivity index (χ0) is 20.1. The summed E-state index contributed by atoms with van der Waals surface area (Å²) in [6, 6.07) is 13.7. The van der Waals surface area contributed by atoms with E-state index in [4.69, 9.17) is 0 Å². The van der Waals surface area contributed by atoms with Gasteiger partial charge in [-0.2, -0.15) is 0 Å². The van der Waals surface area contributed by atoms with E-state index in [1.807, 2.05) is 64.1 Å². The summed E-state index contributed by atoms with van der Waals surface area (Å²) in [7, 11) is 0. The zero-order valence-electron chi connectivity index (χ0n) is 17.0. The molecule has 1 N–H and O–H groups in total. The number of anilines is 1. The van der Waals surface area contributed by atoms with Crippen molar-refractivity contribution in [2.45, 2.75) is 40.5 Å². The molecule has 4 nitrogen and oxygen atoms in total. The van der Waals surface area contributed by atoms with E-state index >= 15 is 0 Å². The van der Waals surface area contributed by atoms with Crippen molar-refractivity contribution in [2.75, 3.05) is 5.32 Å². The number of aromatic nitrogens is 2. The van der Waals surface area contributed by atoms with Crippen molar-refractivity contribution in [2.24, 2.45) is 0 Å². The molecule has 0 saturated carbocycles. The number of hydrogen-bond acceptors (Lipinski definition) is 3. The van der Waals surface area contributed by atoms with Gasteiger partial charge in [-0.25, -0.2) is 0 Å². The van der Waals surface area contributed by atoms with Crippen LogP contribution in [0.1, 0.15) is 39.5 Å². The molecule has 0 radical (unpaired) electrons. The minimum absolute atomic E-state index is 0. The second-order valence-corrected chi connectivity index (χ2v) is 6.57. The molecule has 3 aromatic rings. The minimum atomic E-state index is -0.0138. The second-order valence-electron chi connectivity index (χ2n) is 6.57. The molecule has 2 aromatic heterocycles. The van der Waals surface area contributed by atoms with E-state index in [1.165, 1.54) is 0 Å². The Hall–Kier alpha value is -3.14. The lowest BCUT2D eigenvalue weighted by molar-refractivity contribution is 1.01. The molecular weight excluding hydrogens is 346 g/mol. The van der Waals surface area contributed by atoms with Crippen LogP contribution in [0.3, 0.4) is 0 Å². The maximum Gasteiger partial charge on any atom is 0.193 e. The first-order valence-electron chi connectivity index (χ1n) is 9.86. The quantitative estimate of drug-likeness (QED) is 0.618. The molecule has 0 atom stereocenters. The number of nitrogens with zero attached hydrogens (tertiary/aromatic N) is 2. The fourth-order valence-electron chi connectivity index (χ4n) is 3.48. The molecule has 28 heavy (non-hydrogen) atoms. The number of pyridine rings is 2. The number of aryl methyl sites for hydroxylation is 2. The standard InChI is InChI=1S/C22H21N3O.C2H6.H2/c1-15-13-19-22(16(2)23-15)20(26)14-21(24-17-9-5-3-6-10-17)25(19)18-11-7-4-8-12-18;1-2;/h4-5,7-14,24H,3,6H2,1-2H3;1-2H3;1H. The lowest BCUT2D eigenvalue weighted by Gasteiger charge is -2.20. The van der Waals surface area contributed by atoms with Gasteiger partial charge in [0, 0.05) is 24.6 Å². The second kappa shape index (κ2) is 8.70. The van der Waals surface area contributed by atoms with E-state index in [0.29, 0.717) is 5.39 Å². The van der Waals surface area contributed by atoms with Crippen LogP contribution in [0.5, 0.6) is 0 Å². The van der Waals surface area contributed by atoms with Crippen LogP contribution in [0.2, 0.25) is 0 Å². The Morgan fingerprint density at radius 1 is 1.07 bits per heavy atom. The molecule has 146 valence electrons. The van der Waals surface area contributed by atoms with Gasteiger partial charge in [0.05, 0.1) is 16.6 Å². The summed E-state index contributed by atoms with van der Waals surface area (Å²) in [5, 5.41) is 4.10. The van der Waals surface area contributed by atoms with Gasteiger partial charge in [0.25, 0.3) is 0 Å². The van der Waals surface area contributed by atoms with Gasteiger partial charge in [0.15, 0.2) is 5.43 Å². The number of allylic oxidation sites excluding steroid dienone is 3. The zero-order valence-corrected chi connectivity index (χ0v) is 17.0. The molecule has 0 saturated heterocycles. The summed E-state index contributed by atoms with van der Waals surface area (Å²) >= 11 is 0. The number of nitrogens with one attached hydrogen (secondary N) is 1. The molecule has 0 fully saturated rings. The molecule has 1 aliphatic carbocycles. The minimum Gasteiger partial charge on any atom is -0.342 e. The monoisotopic (exact) mass is 375 g/mol. The van der Waals surface area contributed by atoms with Gasteiger partial charge in [0.1, 0.15) is 5.82 Å². The van der Waals surface area contributed by atoms with E-state index in [9.17, 15) is 4.79 Å². The van der Waals surface area contributed by atoms with Crippen LogP contribution in [0.15, 0.2) is 71.2 Å². The summed E-state index contributed by atoms with van der Waals surface area (Å²) in [6.07, 6.45) is 8.43. The average molecular weight is 376 g/mol. The molecular formula is C24H29N3O. The largest absolute Gasteiger partial charge is 0.342 e. The number of fused-ring (bicyclic) bond motifs is 1. The van der Waals surface area contributed by atoms with Gasteiger partial charge < -0.3 is 5.32 Å². The van der Waals surface area contributed by atoms with Crippen LogP contribution in [-0.2, 0) is 0 Å². The number of benzene rings is 1. The molecule has 4 rings (SSSR count). The third-order valence-electron chi connectivity index (χ3n) is 4.59. The van der Waals surface area contributed by atoms with Crippen LogP contribution in [0.4, 0.5) is 5.82 Å². The van der Waals surface area contributed by atoms with E-state index in [0.717, 1.165) is 46.9 Å². The predicted octanol–water partition coefficient (Wildman–Crippen LogP) is 5.92. The van der Waals surface area contributed by atoms with Crippen molar-refractivity contribution in [3.05, 3.63) is 88.0 Å². The van der Waals surface area contributed by atoms with Gasteiger partial charge in [-0.1, -0.05) is 44.2 Å². The highest BCUT2D eigenvalue weighted by Gasteiger charge is 2.14. The van der Waals surface area contributed by atoms with Crippen molar-refractivity contribution in [1.82, 2.24) is 9.55 Å². The first-order chi connectivity index (χ1) is 13.6. The molecule has 0 bridgehead atoms. The van der Waals surface area contributed by atoms with Crippen molar-refractivity contribution in [1.29, 1.82) is 0 Å². The van der Waals surface area contributed by atoms with Crippen LogP contribution in [0, 0.1) is 13.8 Å². The average Bonchev–Trinajstić information content (AvgIpc) is 2.70. The first kappa shape index (κ1) is 19.6. The van der Waals surface area contributed by atoms with Crippen LogP contribution >= 0.6 is 0 Å². The highest BCUT2D eigenvalue weighted by Crippen LogP contribution is 2.26. The summed E-state index contributed by atoms with van der Waals surface area (Å²) in [6.45, 7) is 7.85. The summed E-state index contributed by atoms with van der Waals surface area (Å²) in [5.41, 5.74) is 4.54. The molecule has 0 aliphatic heterocycles. The van der Waals surface area contributed by atoms with Gasteiger partial charge in [-0.15, -0.1) is 0 Å².